The van der Waals surface area contributed by atoms with Crippen molar-refractivity contribution in [1.82, 2.24) is 9.88 Å². The molecule has 36 heavy (non-hydrogen) atoms. The highest BCUT2D eigenvalue weighted by molar-refractivity contribution is 7.92. The van der Waals surface area contributed by atoms with Crippen LogP contribution < -0.4 is 15.6 Å². The Kier molecular flexibility index (Phi) is 8.54. The molecule has 10 heteroatoms. The van der Waals surface area contributed by atoms with Gasteiger partial charge in [-0.25, -0.2) is 8.42 Å². The van der Waals surface area contributed by atoms with Crippen LogP contribution in [0.5, 0.6) is 11.5 Å². The van der Waals surface area contributed by atoms with Crippen LogP contribution in [0.3, 0.4) is 0 Å². The molecule has 0 aliphatic carbocycles. The van der Waals surface area contributed by atoms with Crippen LogP contribution in [0.15, 0.2) is 77.7 Å². The Labute approximate surface area is 209 Å². The summed E-state index contributed by atoms with van der Waals surface area (Å²) in [4.78, 5) is 25.1. The zero-order valence-corrected chi connectivity index (χ0v) is 20.9. The lowest BCUT2D eigenvalue weighted by Crippen LogP contribution is -2.48. The van der Waals surface area contributed by atoms with Gasteiger partial charge in [0.1, 0.15) is 17.7 Å². The smallest absolute Gasteiger partial charge is 0.256 e. The van der Waals surface area contributed by atoms with Crippen molar-refractivity contribution in [3.05, 3.63) is 94.4 Å². The number of nitrogens with one attached hydrogen (secondary N) is 1. The number of para-hydroxylation sites is 1. The molecule has 0 spiro atoms. The predicted octanol–water partition coefficient (Wildman–Crippen LogP) is 2.29. The number of ether oxygens (including phenoxy) is 1. The molecule has 0 bridgehead atoms. The number of hydrogen-bond donors (Lipinski definition) is 3. The van der Waals surface area contributed by atoms with Crippen molar-refractivity contribution >= 4 is 15.7 Å². The van der Waals surface area contributed by atoms with Crippen molar-refractivity contribution in [2.24, 2.45) is 0 Å². The van der Waals surface area contributed by atoms with Crippen LogP contribution in [0.4, 0.5) is 0 Å². The maximum Gasteiger partial charge on any atom is 0.256 e. The second kappa shape index (κ2) is 11.4. The highest BCUT2D eigenvalue weighted by atomic mass is 32.2. The average molecular weight is 515 g/mol. The number of sulfone groups is 1. The molecule has 2 unspecified atom stereocenters. The highest BCUT2D eigenvalue weighted by Crippen LogP contribution is 2.26. The van der Waals surface area contributed by atoms with E-state index in [9.17, 15) is 28.2 Å². The molecular weight excluding hydrogens is 484 g/mol. The van der Waals surface area contributed by atoms with E-state index in [1.807, 2.05) is 30.3 Å². The van der Waals surface area contributed by atoms with E-state index in [4.69, 9.17) is 4.74 Å². The maximum atomic E-state index is 12.6. The summed E-state index contributed by atoms with van der Waals surface area (Å²) in [6.07, 6.45) is 1.16. The molecule has 0 saturated carbocycles. The Morgan fingerprint density at radius 3 is 2.42 bits per heavy atom. The molecule has 1 aromatic heterocycles. The molecule has 3 aromatic rings. The molecule has 3 N–H and O–H groups in total. The number of pyridine rings is 1. The van der Waals surface area contributed by atoms with Gasteiger partial charge in [0, 0.05) is 37.9 Å². The van der Waals surface area contributed by atoms with E-state index in [0.717, 1.165) is 16.4 Å². The third-order valence-corrected chi connectivity index (χ3v) is 8.13. The lowest BCUT2D eigenvalue weighted by atomic mass is 10.0. The first-order chi connectivity index (χ1) is 17.0. The predicted molar refractivity (Wildman–Crippen MR) is 136 cm³/mol. The summed E-state index contributed by atoms with van der Waals surface area (Å²) >= 11 is 0. The molecule has 0 aliphatic rings. The minimum absolute atomic E-state index is 0.00651. The van der Waals surface area contributed by atoms with E-state index in [1.54, 1.807) is 12.1 Å². The largest absolute Gasteiger partial charge is 0.507 e. The number of amides is 1. The minimum Gasteiger partial charge on any atom is -0.507 e. The number of phenolic OH excluding ortho intramolecular Hbond substituents is 1. The summed E-state index contributed by atoms with van der Waals surface area (Å²) in [6.45, 7) is 1.40. The molecule has 192 valence electrons. The molecule has 2 aromatic carbocycles. The van der Waals surface area contributed by atoms with Crippen LogP contribution in [0.25, 0.3) is 0 Å². The summed E-state index contributed by atoms with van der Waals surface area (Å²) in [7, 11) is -3.79. The standard InChI is InChI=1S/C26H30N2O7S/c1-26(36(2,33)34,18-27-25(32)21-10-6-7-11-22(21)29)17-24(31)28-14-12-20(16-23(28)30)35-15-13-19-8-4-3-5-9-19/h3-12,14,16,24,29,31H,13,15,17-18H2,1-2H3,(H,27,32). The van der Waals surface area contributed by atoms with Gasteiger partial charge < -0.3 is 20.3 Å². The molecule has 0 radical (unpaired) electrons. The maximum absolute atomic E-state index is 12.6. The van der Waals surface area contributed by atoms with Crippen molar-refractivity contribution in [3.8, 4) is 11.5 Å². The molecule has 0 fully saturated rings. The van der Waals surface area contributed by atoms with Crippen molar-refractivity contribution in [1.29, 1.82) is 0 Å². The van der Waals surface area contributed by atoms with Gasteiger partial charge in [-0.15, -0.1) is 0 Å². The van der Waals surface area contributed by atoms with Crippen molar-refractivity contribution in [3.63, 3.8) is 0 Å². The number of aromatic nitrogens is 1. The number of benzene rings is 2. The number of aromatic hydroxyl groups is 1. The molecule has 1 amide bonds. The molecule has 2 atom stereocenters. The van der Waals surface area contributed by atoms with Crippen LogP contribution in [-0.2, 0) is 16.3 Å². The minimum atomic E-state index is -3.79. The van der Waals surface area contributed by atoms with E-state index >= 15 is 0 Å². The number of aliphatic hydroxyl groups is 1. The molecular formula is C26H30N2O7S. The Hall–Kier alpha value is -3.63. The van der Waals surface area contributed by atoms with Gasteiger partial charge in [0.25, 0.3) is 11.5 Å². The Bertz CT molecular complexity index is 1360. The third kappa shape index (κ3) is 6.73. The lowest BCUT2D eigenvalue weighted by Gasteiger charge is -2.30. The Morgan fingerprint density at radius 1 is 1.11 bits per heavy atom. The quantitative estimate of drug-likeness (QED) is 0.357. The topological polar surface area (TPSA) is 135 Å². The molecule has 0 saturated heterocycles. The summed E-state index contributed by atoms with van der Waals surface area (Å²) in [5.74, 6) is -0.569. The fourth-order valence-electron chi connectivity index (χ4n) is 3.61. The van der Waals surface area contributed by atoms with E-state index in [2.05, 4.69) is 5.32 Å². The van der Waals surface area contributed by atoms with E-state index < -0.39 is 32.3 Å². The van der Waals surface area contributed by atoms with Crippen molar-refractivity contribution in [2.75, 3.05) is 19.4 Å². The molecule has 0 aliphatic heterocycles. The first kappa shape index (κ1) is 27.0. The fraction of sp³-hybridized carbons (Fsp3) is 0.308. The second-order valence-electron chi connectivity index (χ2n) is 8.80. The summed E-state index contributed by atoms with van der Waals surface area (Å²) in [5, 5.41) is 23.1. The monoisotopic (exact) mass is 514 g/mol. The number of nitrogens with zero attached hydrogens (tertiary/aromatic N) is 1. The second-order valence-corrected chi connectivity index (χ2v) is 11.3. The number of rotatable bonds is 11. The van der Waals surface area contributed by atoms with Gasteiger partial charge in [-0.3, -0.25) is 14.2 Å². The highest BCUT2D eigenvalue weighted by Gasteiger charge is 2.39. The van der Waals surface area contributed by atoms with E-state index in [-0.39, 0.29) is 24.3 Å². The number of aliphatic hydroxyl groups excluding tert-OH is 1. The number of hydrogen-bond acceptors (Lipinski definition) is 7. The Balaban J connectivity index is 1.67. The van der Waals surface area contributed by atoms with Gasteiger partial charge in [0.05, 0.1) is 16.9 Å². The molecule has 1 heterocycles. The van der Waals surface area contributed by atoms with Gasteiger partial charge >= 0.3 is 0 Å². The van der Waals surface area contributed by atoms with Crippen LogP contribution in [0.2, 0.25) is 0 Å². The van der Waals surface area contributed by atoms with Crippen LogP contribution in [-0.4, -0.2) is 53.3 Å². The zero-order valence-electron chi connectivity index (χ0n) is 20.1. The summed E-state index contributed by atoms with van der Waals surface area (Å²) < 4.78 is 30.2. The van der Waals surface area contributed by atoms with Crippen LogP contribution >= 0.6 is 0 Å². The van der Waals surface area contributed by atoms with Gasteiger partial charge in [0.2, 0.25) is 0 Å². The van der Waals surface area contributed by atoms with E-state index in [1.165, 1.54) is 37.4 Å². The van der Waals surface area contributed by atoms with Gasteiger partial charge in [-0.2, -0.15) is 0 Å². The Morgan fingerprint density at radius 2 is 1.78 bits per heavy atom. The molecule has 3 rings (SSSR count). The SMILES string of the molecule is CC(CNC(=O)c1ccccc1O)(CC(O)n1ccc(OCCc2ccccc2)cc1=O)S(C)(=O)=O. The van der Waals surface area contributed by atoms with Gasteiger partial charge in [0.15, 0.2) is 9.84 Å². The number of phenols is 1. The van der Waals surface area contributed by atoms with Gasteiger partial charge in [-0.05, 0) is 30.7 Å². The van der Waals surface area contributed by atoms with Crippen LogP contribution in [0.1, 0.15) is 35.5 Å². The first-order valence-corrected chi connectivity index (χ1v) is 13.2. The van der Waals surface area contributed by atoms with Crippen molar-refractivity contribution in [2.45, 2.75) is 30.7 Å². The average Bonchev–Trinajstić information content (AvgIpc) is 2.83. The fourth-order valence-corrected chi connectivity index (χ4v) is 4.39. The summed E-state index contributed by atoms with van der Waals surface area (Å²) in [6, 6.07) is 18.3. The van der Waals surface area contributed by atoms with E-state index in [0.29, 0.717) is 18.8 Å². The first-order valence-electron chi connectivity index (χ1n) is 11.3. The van der Waals surface area contributed by atoms with Crippen LogP contribution in [0, 0.1) is 0 Å². The lowest BCUT2D eigenvalue weighted by molar-refractivity contribution is 0.0764. The third-order valence-electron chi connectivity index (χ3n) is 6.02. The summed E-state index contributed by atoms with van der Waals surface area (Å²) in [5.41, 5.74) is 0.526. The number of carbonyl (C=O) groups excluding carboxylic acids is 1. The normalized spacial score (nSPS) is 14.0. The molecule has 9 nitrogen and oxygen atoms in total. The van der Waals surface area contributed by atoms with Crippen molar-refractivity contribution < 1.29 is 28.2 Å². The van der Waals surface area contributed by atoms with Gasteiger partial charge in [-0.1, -0.05) is 42.5 Å². The number of carbonyl (C=O) groups is 1. The zero-order chi connectivity index (χ0) is 26.3.